The van der Waals surface area contributed by atoms with Gasteiger partial charge in [0.1, 0.15) is 6.04 Å². The van der Waals surface area contributed by atoms with Crippen molar-refractivity contribution in [3.63, 3.8) is 0 Å². The zero-order valence-electron chi connectivity index (χ0n) is 6.26. The van der Waals surface area contributed by atoms with Gasteiger partial charge in [0.2, 0.25) is 0 Å². The topological polar surface area (TPSA) is 49.3 Å². The van der Waals surface area contributed by atoms with Crippen molar-refractivity contribution in [3.8, 4) is 0 Å². The van der Waals surface area contributed by atoms with Crippen LogP contribution in [0.4, 0.5) is 0 Å². The van der Waals surface area contributed by atoms with E-state index in [0.29, 0.717) is 5.75 Å². The number of nitrogens with one attached hydrogen (secondary N) is 1. The monoisotopic (exact) mass is 157 g/mol. The summed E-state index contributed by atoms with van der Waals surface area (Å²) in [5.74, 6) is 0.738. The van der Waals surface area contributed by atoms with Gasteiger partial charge in [-0.2, -0.15) is 0 Å². The van der Waals surface area contributed by atoms with E-state index in [9.17, 15) is 4.79 Å². The largest absolute Gasteiger partial charge is 1.00 e. The maximum Gasteiger partial charge on any atom is 1.00 e. The Balaban J connectivity index is 0. The third-order valence-corrected chi connectivity index (χ3v) is 1.95. The molecule has 0 spiro atoms. The summed E-state index contributed by atoms with van der Waals surface area (Å²) >= 11 is 1.62. The first-order valence-electron chi connectivity index (χ1n) is 2.34. The summed E-state index contributed by atoms with van der Waals surface area (Å²) in [6.45, 7) is 0. The van der Waals surface area contributed by atoms with Crippen LogP contribution in [0.15, 0.2) is 0 Å². The Hall–Kier alpha value is 0.780. The van der Waals surface area contributed by atoms with Crippen molar-refractivity contribution >= 4 is 17.7 Å². The van der Waals surface area contributed by atoms with Crippen molar-refractivity contribution in [2.75, 3.05) is 11.6 Å². The first-order valence-corrected chi connectivity index (χ1v) is 3.50. The van der Waals surface area contributed by atoms with Crippen LogP contribution in [0, 0.1) is 0 Å². The summed E-state index contributed by atoms with van der Waals surface area (Å²) in [6.07, 6.45) is 0. The minimum atomic E-state index is -0.741. The molecule has 0 aromatic carbocycles. The number of rotatable bonds is 1. The number of carboxylic acid groups (broad SMARTS) is 1. The second-order valence-electron chi connectivity index (χ2n) is 1.61. The van der Waals surface area contributed by atoms with Crippen LogP contribution < -0.4 is 34.9 Å². The summed E-state index contributed by atoms with van der Waals surface area (Å²) in [7, 11) is 0. The Bertz CT molecular complexity index is 109. The number of hydrogen-bond donors (Lipinski definition) is 2. The molecule has 3 nitrogen and oxygen atoms in total. The SMILES string of the molecule is O=C(O)C1CSCN1.[H-].[Na+]. The molecule has 0 bridgehead atoms. The van der Waals surface area contributed by atoms with E-state index in [1.54, 1.807) is 11.8 Å². The first-order chi connectivity index (χ1) is 3.80. The molecule has 1 unspecified atom stereocenters. The number of hydrogen-bond acceptors (Lipinski definition) is 3. The van der Waals surface area contributed by atoms with Gasteiger partial charge in [-0.3, -0.25) is 10.1 Å². The molecule has 0 amide bonds. The van der Waals surface area contributed by atoms with Gasteiger partial charge in [0, 0.05) is 11.6 Å². The van der Waals surface area contributed by atoms with Crippen LogP contribution in [-0.4, -0.2) is 28.7 Å². The molecule has 0 saturated carbocycles. The molecule has 5 heteroatoms. The predicted octanol–water partition coefficient (Wildman–Crippen LogP) is -3.15. The predicted molar refractivity (Wildman–Crippen MR) is 33.0 cm³/mol. The molecule has 1 aliphatic heterocycles. The van der Waals surface area contributed by atoms with Gasteiger partial charge in [-0.1, -0.05) is 0 Å². The quantitative estimate of drug-likeness (QED) is 0.395. The maximum absolute atomic E-state index is 10.1. The number of aliphatic carboxylic acids is 1. The summed E-state index contributed by atoms with van der Waals surface area (Å²) in [5.41, 5.74) is 0. The molecule has 1 saturated heterocycles. The minimum Gasteiger partial charge on any atom is -1.00 e. The van der Waals surface area contributed by atoms with Gasteiger partial charge in [0.25, 0.3) is 0 Å². The van der Waals surface area contributed by atoms with Crippen molar-refractivity contribution in [3.05, 3.63) is 0 Å². The molecule has 0 radical (unpaired) electrons. The van der Waals surface area contributed by atoms with Crippen LogP contribution in [0.25, 0.3) is 0 Å². The van der Waals surface area contributed by atoms with Crippen LogP contribution >= 0.6 is 11.8 Å². The molecule has 1 aliphatic rings. The fraction of sp³-hybridized carbons (Fsp3) is 0.750. The van der Waals surface area contributed by atoms with Crippen molar-refractivity contribution in [1.29, 1.82) is 0 Å². The van der Waals surface area contributed by atoms with E-state index in [1.807, 2.05) is 0 Å². The Morgan fingerprint density at radius 3 is 2.78 bits per heavy atom. The second-order valence-corrected chi connectivity index (χ2v) is 2.64. The summed E-state index contributed by atoms with van der Waals surface area (Å²) in [4.78, 5) is 10.1. The van der Waals surface area contributed by atoms with Gasteiger partial charge in [-0.05, 0) is 0 Å². The van der Waals surface area contributed by atoms with E-state index in [4.69, 9.17) is 5.11 Å². The zero-order chi connectivity index (χ0) is 5.98. The van der Waals surface area contributed by atoms with Gasteiger partial charge in [-0.15, -0.1) is 11.8 Å². The molecular formula is C4H8NNaO2S. The van der Waals surface area contributed by atoms with Crippen LogP contribution in [0.2, 0.25) is 0 Å². The molecule has 1 heterocycles. The Labute approximate surface area is 81.4 Å². The molecule has 48 valence electrons. The molecule has 1 rings (SSSR count). The van der Waals surface area contributed by atoms with Crippen molar-refractivity contribution in [2.45, 2.75) is 6.04 Å². The Kier molecular flexibility index (Phi) is 4.97. The van der Waals surface area contributed by atoms with Gasteiger partial charge >= 0.3 is 35.5 Å². The normalized spacial score (nSPS) is 25.1. The van der Waals surface area contributed by atoms with E-state index in [-0.39, 0.29) is 37.0 Å². The average molecular weight is 157 g/mol. The fourth-order valence-electron chi connectivity index (χ4n) is 0.554. The van der Waals surface area contributed by atoms with E-state index >= 15 is 0 Å². The number of carbonyl (C=O) groups is 1. The van der Waals surface area contributed by atoms with E-state index in [1.165, 1.54) is 0 Å². The Morgan fingerprint density at radius 2 is 2.56 bits per heavy atom. The third kappa shape index (κ3) is 2.91. The summed E-state index contributed by atoms with van der Waals surface area (Å²) in [5, 5.41) is 11.2. The molecule has 1 atom stereocenters. The van der Waals surface area contributed by atoms with Gasteiger partial charge < -0.3 is 6.53 Å². The standard InChI is InChI=1S/C4H7NO2S.Na.H/c6-4(7)3-1-8-2-5-3;;/h3,5H,1-2H2,(H,6,7);;/q;+1;-1. The molecule has 2 N–H and O–H groups in total. The molecular weight excluding hydrogens is 149 g/mol. The molecule has 1 fully saturated rings. The van der Waals surface area contributed by atoms with Crippen LogP contribution in [0.3, 0.4) is 0 Å². The van der Waals surface area contributed by atoms with Crippen molar-refractivity contribution in [1.82, 2.24) is 5.32 Å². The average Bonchev–Trinajstić information content (AvgIpc) is 2.12. The maximum atomic E-state index is 10.1. The summed E-state index contributed by atoms with van der Waals surface area (Å²) < 4.78 is 0. The van der Waals surface area contributed by atoms with E-state index < -0.39 is 5.97 Å². The van der Waals surface area contributed by atoms with Crippen molar-refractivity contribution in [2.24, 2.45) is 0 Å². The fourth-order valence-corrected chi connectivity index (χ4v) is 1.49. The number of thioether (sulfide) groups is 1. The van der Waals surface area contributed by atoms with Gasteiger partial charge in [0.05, 0.1) is 0 Å². The third-order valence-electron chi connectivity index (χ3n) is 1.01. The Morgan fingerprint density at radius 1 is 1.89 bits per heavy atom. The van der Waals surface area contributed by atoms with E-state index in [0.717, 1.165) is 5.88 Å². The number of carboxylic acids is 1. The van der Waals surface area contributed by atoms with Crippen LogP contribution in [0.5, 0.6) is 0 Å². The zero-order valence-corrected chi connectivity index (χ0v) is 8.07. The summed E-state index contributed by atoms with van der Waals surface area (Å²) in [6, 6.07) is -0.306. The first kappa shape index (κ1) is 9.78. The van der Waals surface area contributed by atoms with E-state index in [2.05, 4.69) is 5.32 Å². The molecule has 0 aromatic rings. The molecule has 0 aromatic heterocycles. The second kappa shape index (κ2) is 4.57. The molecule has 9 heavy (non-hydrogen) atoms. The minimum absolute atomic E-state index is 0. The van der Waals surface area contributed by atoms with Gasteiger partial charge in [0.15, 0.2) is 0 Å². The molecule has 0 aliphatic carbocycles. The van der Waals surface area contributed by atoms with Crippen LogP contribution in [-0.2, 0) is 4.79 Å². The smallest absolute Gasteiger partial charge is 1.00 e. The van der Waals surface area contributed by atoms with Crippen LogP contribution in [0.1, 0.15) is 1.43 Å². The van der Waals surface area contributed by atoms with Crippen molar-refractivity contribution < 1.29 is 40.9 Å². The van der Waals surface area contributed by atoms with Gasteiger partial charge in [-0.25, -0.2) is 0 Å².